The summed E-state index contributed by atoms with van der Waals surface area (Å²) in [6, 6.07) is 0. The molecule has 0 aromatic rings. The smallest absolute Gasteiger partial charge is 0.409 e. The van der Waals surface area contributed by atoms with Gasteiger partial charge in [0.1, 0.15) is 6.29 Å². The molecule has 1 aliphatic heterocycles. The molecule has 0 saturated carbocycles. The van der Waals surface area contributed by atoms with Crippen molar-refractivity contribution >= 4 is 12.4 Å². The van der Waals surface area contributed by atoms with Crippen molar-refractivity contribution in [1.82, 2.24) is 9.80 Å². The van der Waals surface area contributed by atoms with E-state index in [0.717, 1.165) is 25.9 Å². The number of ether oxygens (including phenoxy) is 1. The molecule has 1 amide bonds. The number of piperazine rings is 1. The molecular formula is C9H16N2O3. The predicted molar refractivity (Wildman–Crippen MR) is 51.1 cm³/mol. The normalized spacial score (nSPS) is 17.9. The van der Waals surface area contributed by atoms with Crippen LogP contribution in [0.3, 0.4) is 0 Å². The van der Waals surface area contributed by atoms with Crippen LogP contribution in [-0.2, 0) is 9.53 Å². The largest absolute Gasteiger partial charge is 0.453 e. The number of methoxy groups -OCH3 is 1. The average molecular weight is 200 g/mol. The molecule has 0 bridgehead atoms. The minimum Gasteiger partial charge on any atom is -0.453 e. The van der Waals surface area contributed by atoms with Gasteiger partial charge in [0, 0.05) is 39.1 Å². The first-order valence-corrected chi connectivity index (χ1v) is 4.77. The molecule has 0 aliphatic carbocycles. The van der Waals surface area contributed by atoms with Crippen LogP contribution < -0.4 is 0 Å². The highest BCUT2D eigenvalue weighted by Gasteiger charge is 2.20. The summed E-state index contributed by atoms with van der Waals surface area (Å²) in [4.78, 5) is 25.1. The van der Waals surface area contributed by atoms with Gasteiger partial charge in [-0.1, -0.05) is 0 Å². The van der Waals surface area contributed by atoms with Gasteiger partial charge >= 0.3 is 6.09 Å². The molecule has 1 aliphatic rings. The Bertz CT molecular complexity index is 200. The molecule has 0 radical (unpaired) electrons. The first-order valence-electron chi connectivity index (χ1n) is 4.77. The first-order chi connectivity index (χ1) is 6.77. The summed E-state index contributed by atoms with van der Waals surface area (Å²) >= 11 is 0. The van der Waals surface area contributed by atoms with Gasteiger partial charge in [0.25, 0.3) is 0 Å². The van der Waals surface area contributed by atoms with Gasteiger partial charge in [0.15, 0.2) is 0 Å². The lowest BCUT2D eigenvalue weighted by atomic mass is 10.3. The molecule has 5 nitrogen and oxygen atoms in total. The maximum atomic E-state index is 11.1. The summed E-state index contributed by atoms with van der Waals surface area (Å²) in [7, 11) is 1.39. The van der Waals surface area contributed by atoms with Crippen molar-refractivity contribution in [1.29, 1.82) is 0 Å². The van der Waals surface area contributed by atoms with Crippen LogP contribution in [-0.4, -0.2) is 62.0 Å². The number of aldehydes is 1. The Hall–Kier alpha value is -1.10. The van der Waals surface area contributed by atoms with E-state index in [4.69, 9.17) is 0 Å². The van der Waals surface area contributed by atoms with E-state index in [1.165, 1.54) is 7.11 Å². The number of rotatable bonds is 3. The Balaban J connectivity index is 2.24. The number of nitrogens with zero attached hydrogens (tertiary/aromatic N) is 2. The summed E-state index contributed by atoms with van der Waals surface area (Å²) in [6.07, 6.45) is 1.23. The number of carbonyl (C=O) groups excluding carboxylic acids is 2. The zero-order chi connectivity index (χ0) is 10.4. The van der Waals surface area contributed by atoms with Gasteiger partial charge in [-0.25, -0.2) is 4.79 Å². The molecule has 0 unspecified atom stereocenters. The summed E-state index contributed by atoms with van der Waals surface area (Å²) < 4.78 is 4.62. The van der Waals surface area contributed by atoms with E-state index in [1.54, 1.807) is 4.90 Å². The van der Waals surface area contributed by atoms with Gasteiger partial charge in [-0.05, 0) is 0 Å². The highest BCUT2D eigenvalue weighted by Crippen LogP contribution is 2.03. The van der Waals surface area contributed by atoms with Gasteiger partial charge in [-0.2, -0.15) is 0 Å². The second-order valence-corrected chi connectivity index (χ2v) is 3.25. The Morgan fingerprint density at radius 3 is 2.50 bits per heavy atom. The van der Waals surface area contributed by atoms with E-state index in [9.17, 15) is 9.59 Å². The Labute approximate surface area is 83.6 Å². The molecule has 1 heterocycles. The van der Waals surface area contributed by atoms with Crippen LogP contribution in [0.25, 0.3) is 0 Å². The van der Waals surface area contributed by atoms with Crippen molar-refractivity contribution in [2.24, 2.45) is 0 Å². The van der Waals surface area contributed by atoms with E-state index in [2.05, 4.69) is 9.64 Å². The minimum absolute atomic E-state index is 0.264. The molecule has 80 valence electrons. The van der Waals surface area contributed by atoms with Crippen molar-refractivity contribution in [2.75, 3.05) is 39.8 Å². The molecule has 1 fully saturated rings. The number of hydrogen-bond donors (Lipinski definition) is 0. The zero-order valence-electron chi connectivity index (χ0n) is 8.44. The van der Waals surface area contributed by atoms with Crippen LogP contribution in [0.5, 0.6) is 0 Å². The fraction of sp³-hybridized carbons (Fsp3) is 0.778. The summed E-state index contributed by atoms with van der Waals surface area (Å²) in [6.45, 7) is 3.81. The summed E-state index contributed by atoms with van der Waals surface area (Å²) in [5.74, 6) is 0. The lowest BCUT2D eigenvalue weighted by molar-refractivity contribution is -0.108. The second-order valence-electron chi connectivity index (χ2n) is 3.25. The molecule has 0 aromatic carbocycles. The Morgan fingerprint density at radius 1 is 1.36 bits per heavy atom. The molecule has 1 saturated heterocycles. The van der Waals surface area contributed by atoms with Crippen LogP contribution in [0, 0.1) is 0 Å². The lowest BCUT2D eigenvalue weighted by Gasteiger charge is -2.33. The molecular weight excluding hydrogens is 184 g/mol. The van der Waals surface area contributed by atoms with E-state index < -0.39 is 0 Å². The van der Waals surface area contributed by atoms with Gasteiger partial charge < -0.3 is 14.4 Å². The first kappa shape index (κ1) is 11.0. The molecule has 5 heteroatoms. The van der Waals surface area contributed by atoms with Gasteiger partial charge in [0.2, 0.25) is 0 Å². The summed E-state index contributed by atoms with van der Waals surface area (Å²) in [5, 5.41) is 0. The van der Waals surface area contributed by atoms with Crippen LogP contribution in [0.4, 0.5) is 4.79 Å². The van der Waals surface area contributed by atoms with Crippen molar-refractivity contribution in [3.8, 4) is 0 Å². The average Bonchev–Trinajstić information content (AvgIpc) is 2.26. The molecule has 0 aromatic heterocycles. The van der Waals surface area contributed by atoms with Crippen LogP contribution in [0.2, 0.25) is 0 Å². The van der Waals surface area contributed by atoms with Crippen LogP contribution >= 0.6 is 0 Å². The van der Waals surface area contributed by atoms with Gasteiger partial charge in [-0.15, -0.1) is 0 Å². The number of carbonyl (C=O) groups is 2. The molecule has 14 heavy (non-hydrogen) atoms. The minimum atomic E-state index is -0.264. The highest BCUT2D eigenvalue weighted by atomic mass is 16.5. The second kappa shape index (κ2) is 5.59. The molecule has 0 N–H and O–H groups in total. The fourth-order valence-electron chi connectivity index (χ4n) is 1.52. The lowest BCUT2D eigenvalue weighted by Crippen LogP contribution is -2.48. The Kier molecular flexibility index (Phi) is 4.39. The van der Waals surface area contributed by atoms with E-state index >= 15 is 0 Å². The molecule has 0 spiro atoms. The Morgan fingerprint density at radius 2 is 2.00 bits per heavy atom. The third-order valence-corrected chi connectivity index (χ3v) is 2.37. The molecule has 1 rings (SSSR count). The third kappa shape index (κ3) is 2.99. The van der Waals surface area contributed by atoms with Gasteiger partial charge in [0.05, 0.1) is 7.11 Å². The van der Waals surface area contributed by atoms with Crippen LogP contribution in [0.15, 0.2) is 0 Å². The van der Waals surface area contributed by atoms with Crippen molar-refractivity contribution in [3.63, 3.8) is 0 Å². The maximum Gasteiger partial charge on any atom is 0.409 e. The number of amides is 1. The maximum absolute atomic E-state index is 11.1. The third-order valence-electron chi connectivity index (χ3n) is 2.37. The van der Waals surface area contributed by atoms with Crippen LogP contribution in [0.1, 0.15) is 6.42 Å². The zero-order valence-corrected chi connectivity index (χ0v) is 8.44. The quantitative estimate of drug-likeness (QED) is 0.600. The topological polar surface area (TPSA) is 49.9 Å². The van der Waals surface area contributed by atoms with Crippen molar-refractivity contribution in [2.45, 2.75) is 6.42 Å². The SMILES string of the molecule is COC(=O)N1CCN(CCC=O)CC1. The van der Waals surface area contributed by atoms with Crippen molar-refractivity contribution < 1.29 is 14.3 Å². The van der Waals surface area contributed by atoms with E-state index in [1.807, 2.05) is 0 Å². The standard InChI is InChI=1S/C9H16N2O3/c1-14-9(13)11-6-4-10(5-7-11)3-2-8-12/h8H,2-7H2,1H3. The summed E-state index contributed by atoms with van der Waals surface area (Å²) in [5.41, 5.74) is 0. The van der Waals surface area contributed by atoms with Crippen molar-refractivity contribution in [3.05, 3.63) is 0 Å². The number of hydrogen-bond acceptors (Lipinski definition) is 4. The van der Waals surface area contributed by atoms with E-state index in [0.29, 0.717) is 19.5 Å². The molecule has 0 atom stereocenters. The van der Waals surface area contributed by atoms with E-state index in [-0.39, 0.29) is 6.09 Å². The fourth-order valence-corrected chi connectivity index (χ4v) is 1.52. The predicted octanol–water partition coefficient (Wildman–Crippen LogP) is -0.0406. The van der Waals surface area contributed by atoms with Gasteiger partial charge in [-0.3, -0.25) is 4.90 Å². The monoisotopic (exact) mass is 200 g/mol. The highest BCUT2D eigenvalue weighted by molar-refractivity contribution is 5.67.